The number of rotatable bonds is 9. The Bertz CT molecular complexity index is 1330. The molecule has 4 rings (SSSR count). The molecule has 0 unspecified atom stereocenters. The van der Waals surface area contributed by atoms with E-state index in [0.29, 0.717) is 54.3 Å². The summed E-state index contributed by atoms with van der Waals surface area (Å²) in [5, 5.41) is 22.5. The first-order valence-corrected chi connectivity index (χ1v) is 15.7. The lowest BCUT2D eigenvalue weighted by Gasteiger charge is -2.38. The average molecular weight is 591 g/mol. The number of hydrogen-bond acceptors (Lipinski definition) is 6. The van der Waals surface area contributed by atoms with Gasteiger partial charge in [0.15, 0.2) is 0 Å². The maximum absolute atomic E-state index is 12.9. The van der Waals surface area contributed by atoms with Gasteiger partial charge in [-0.1, -0.05) is 76.6 Å². The van der Waals surface area contributed by atoms with Crippen molar-refractivity contribution < 1.29 is 19.4 Å². The monoisotopic (exact) mass is 590 g/mol. The van der Waals surface area contributed by atoms with Gasteiger partial charge in [0.05, 0.1) is 21.5 Å². The number of non-ortho nitro benzene ring substituents is 2. The SMILES string of the molecule is C=C1CC[C@H](OC(=O)c2cc([N+](=O)[O-])cc([N+](=O)[O-])c2)C/C1=C/C=C1/CCC[C@]2(C)C[C@H]([C@H](C)/C=C/[C@@H](C)C(C)C)C[C@@H]12. The molecule has 232 valence electrons. The summed E-state index contributed by atoms with van der Waals surface area (Å²) in [5.74, 6) is 2.24. The number of nitrogens with zero attached hydrogens (tertiary/aromatic N) is 2. The van der Waals surface area contributed by atoms with Crippen molar-refractivity contribution in [2.24, 2.45) is 35.0 Å². The van der Waals surface area contributed by atoms with Gasteiger partial charge in [-0.3, -0.25) is 20.2 Å². The molecule has 3 saturated carbocycles. The highest BCUT2D eigenvalue weighted by atomic mass is 16.6. The van der Waals surface area contributed by atoms with Crippen LogP contribution in [0.15, 0.2) is 65.8 Å². The molecule has 0 radical (unpaired) electrons. The smallest absolute Gasteiger partial charge is 0.338 e. The summed E-state index contributed by atoms with van der Waals surface area (Å²) in [5.41, 5.74) is 2.66. The summed E-state index contributed by atoms with van der Waals surface area (Å²) in [6.45, 7) is 15.9. The van der Waals surface area contributed by atoms with E-state index in [1.54, 1.807) is 0 Å². The van der Waals surface area contributed by atoms with E-state index in [2.05, 4.69) is 65.5 Å². The van der Waals surface area contributed by atoms with Crippen molar-refractivity contribution in [1.29, 1.82) is 0 Å². The molecule has 0 heterocycles. The quantitative estimate of drug-likeness (QED) is 0.123. The van der Waals surface area contributed by atoms with Crippen LogP contribution in [0.2, 0.25) is 0 Å². The first kappa shape index (κ1) is 32.4. The van der Waals surface area contributed by atoms with Crippen LogP contribution in [0.4, 0.5) is 11.4 Å². The van der Waals surface area contributed by atoms with Crippen LogP contribution in [-0.2, 0) is 4.74 Å². The van der Waals surface area contributed by atoms with Gasteiger partial charge in [-0.2, -0.15) is 0 Å². The molecule has 0 N–H and O–H groups in total. The number of esters is 1. The van der Waals surface area contributed by atoms with E-state index in [1.807, 2.05) is 0 Å². The third kappa shape index (κ3) is 7.70. The Balaban J connectivity index is 1.46. The summed E-state index contributed by atoms with van der Waals surface area (Å²) in [7, 11) is 0. The topological polar surface area (TPSA) is 113 Å². The molecule has 0 aromatic heterocycles. The lowest BCUT2D eigenvalue weighted by molar-refractivity contribution is -0.394. The zero-order valence-electron chi connectivity index (χ0n) is 26.2. The summed E-state index contributed by atoms with van der Waals surface area (Å²) in [6.07, 6.45) is 16.6. The number of nitro benzene ring substituents is 2. The first-order valence-electron chi connectivity index (χ1n) is 15.7. The molecule has 0 bridgehead atoms. The maximum atomic E-state index is 12.9. The van der Waals surface area contributed by atoms with Crippen LogP contribution in [0.5, 0.6) is 0 Å². The van der Waals surface area contributed by atoms with Crippen LogP contribution in [-0.4, -0.2) is 21.9 Å². The zero-order valence-corrected chi connectivity index (χ0v) is 26.2. The van der Waals surface area contributed by atoms with E-state index in [4.69, 9.17) is 4.74 Å². The van der Waals surface area contributed by atoms with Crippen molar-refractivity contribution in [2.45, 2.75) is 92.1 Å². The highest BCUT2D eigenvalue weighted by Gasteiger charge is 2.47. The second kappa shape index (κ2) is 13.4. The number of fused-ring (bicyclic) bond motifs is 1. The Kier molecular flexibility index (Phi) is 10.1. The van der Waals surface area contributed by atoms with Crippen LogP contribution in [0.25, 0.3) is 0 Å². The van der Waals surface area contributed by atoms with Crippen molar-refractivity contribution in [3.05, 3.63) is 91.6 Å². The molecular formula is C35H46N2O6. The Hall–Kier alpha value is -3.55. The summed E-state index contributed by atoms with van der Waals surface area (Å²) in [4.78, 5) is 33.9. The van der Waals surface area contributed by atoms with Crippen molar-refractivity contribution in [3.63, 3.8) is 0 Å². The van der Waals surface area contributed by atoms with Gasteiger partial charge < -0.3 is 4.74 Å². The Morgan fingerprint density at radius 2 is 1.72 bits per heavy atom. The molecule has 6 atom stereocenters. The Morgan fingerprint density at radius 1 is 1.05 bits per heavy atom. The predicted octanol–water partition coefficient (Wildman–Crippen LogP) is 9.32. The lowest BCUT2D eigenvalue weighted by atomic mass is 9.67. The number of hydrogen-bond donors (Lipinski definition) is 0. The normalized spacial score (nSPS) is 29.2. The zero-order chi connectivity index (χ0) is 31.5. The third-order valence-corrected chi connectivity index (χ3v) is 10.3. The van der Waals surface area contributed by atoms with Gasteiger partial charge in [-0.05, 0) is 85.5 Å². The van der Waals surface area contributed by atoms with Crippen molar-refractivity contribution >= 4 is 17.3 Å². The molecule has 0 spiro atoms. The van der Waals surface area contributed by atoms with Gasteiger partial charge in [0.25, 0.3) is 11.4 Å². The highest BCUT2D eigenvalue weighted by Crippen LogP contribution is 2.58. The van der Waals surface area contributed by atoms with Gasteiger partial charge in [-0.25, -0.2) is 4.79 Å². The highest BCUT2D eigenvalue weighted by molar-refractivity contribution is 5.91. The average Bonchev–Trinajstić information content (AvgIpc) is 3.33. The molecule has 1 aromatic rings. The molecule has 43 heavy (non-hydrogen) atoms. The molecule has 0 amide bonds. The molecule has 1 aromatic carbocycles. The fourth-order valence-corrected chi connectivity index (χ4v) is 7.11. The largest absolute Gasteiger partial charge is 0.458 e. The minimum atomic E-state index is -0.798. The van der Waals surface area contributed by atoms with Crippen LogP contribution in [0.1, 0.15) is 96.3 Å². The molecule has 8 heteroatoms. The molecular weight excluding hydrogens is 544 g/mol. The van der Waals surface area contributed by atoms with E-state index in [1.165, 1.54) is 31.3 Å². The second-order valence-electron chi connectivity index (χ2n) is 13.7. The number of nitro groups is 2. The number of allylic oxidation sites excluding steroid dienone is 6. The second-order valence-corrected chi connectivity index (χ2v) is 13.7. The van der Waals surface area contributed by atoms with E-state index in [-0.39, 0.29) is 5.56 Å². The standard InChI is InChI=1S/C35H46N2O6/c1-22(2)23(3)9-10-25(5)29-19-33-26(8-7-15-35(33,6)21-29)12-13-27-18-32(14-11-24(27)4)43-34(38)28-16-30(36(39)40)20-31(17-28)37(41)42/h9-10,12-13,16-17,20,22-23,25,29,32-33H,4,7-8,11,14-15,18-19,21H2,1-3,5-6H3/b10-9+,26-12-,27-13-/t23-,25-,29-,32+,33+,35-/m1/s1. The predicted molar refractivity (Wildman–Crippen MR) is 169 cm³/mol. The van der Waals surface area contributed by atoms with E-state index < -0.39 is 33.3 Å². The molecule has 8 nitrogen and oxygen atoms in total. The van der Waals surface area contributed by atoms with Crippen LogP contribution in [0, 0.1) is 55.2 Å². The van der Waals surface area contributed by atoms with Gasteiger partial charge in [-0.15, -0.1) is 0 Å². The fourth-order valence-electron chi connectivity index (χ4n) is 7.11. The lowest BCUT2D eigenvalue weighted by Crippen LogP contribution is -2.27. The van der Waals surface area contributed by atoms with Gasteiger partial charge >= 0.3 is 5.97 Å². The fraction of sp³-hybridized carbons (Fsp3) is 0.571. The van der Waals surface area contributed by atoms with Crippen molar-refractivity contribution in [1.82, 2.24) is 0 Å². The van der Waals surface area contributed by atoms with E-state index >= 15 is 0 Å². The van der Waals surface area contributed by atoms with E-state index in [0.717, 1.165) is 35.8 Å². The van der Waals surface area contributed by atoms with Gasteiger partial charge in [0, 0.05) is 18.6 Å². The first-order chi connectivity index (χ1) is 20.3. The molecule has 3 aliphatic carbocycles. The minimum absolute atomic E-state index is 0.196. The number of benzene rings is 1. The Labute approximate surface area is 255 Å². The van der Waals surface area contributed by atoms with Crippen LogP contribution in [0.3, 0.4) is 0 Å². The van der Waals surface area contributed by atoms with Crippen LogP contribution >= 0.6 is 0 Å². The van der Waals surface area contributed by atoms with Gasteiger partial charge in [0.2, 0.25) is 0 Å². The molecule has 3 fully saturated rings. The third-order valence-electron chi connectivity index (χ3n) is 10.3. The van der Waals surface area contributed by atoms with Crippen molar-refractivity contribution in [2.75, 3.05) is 0 Å². The maximum Gasteiger partial charge on any atom is 0.338 e. The summed E-state index contributed by atoms with van der Waals surface area (Å²) < 4.78 is 5.70. The van der Waals surface area contributed by atoms with Crippen LogP contribution < -0.4 is 0 Å². The summed E-state index contributed by atoms with van der Waals surface area (Å²) >= 11 is 0. The van der Waals surface area contributed by atoms with Crippen molar-refractivity contribution in [3.8, 4) is 0 Å². The minimum Gasteiger partial charge on any atom is -0.458 e. The number of carbonyl (C=O) groups excluding carboxylic acids is 1. The molecule has 0 aliphatic heterocycles. The van der Waals surface area contributed by atoms with E-state index in [9.17, 15) is 25.0 Å². The van der Waals surface area contributed by atoms with Gasteiger partial charge in [0.1, 0.15) is 6.10 Å². The molecule has 0 saturated heterocycles. The number of ether oxygens (including phenoxy) is 1. The summed E-state index contributed by atoms with van der Waals surface area (Å²) in [6, 6.07) is 2.88. The number of carbonyl (C=O) groups is 1. The molecule has 3 aliphatic rings. The Morgan fingerprint density at radius 3 is 2.35 bits per heavy atom.